The maximum absolute atomic E-state index is 5.85. The van der Waals surface area contributed by atoms with Crippen LogP contribution in [0.5, 0.6) is 11.5 Å². The smallest absolute Gasteiger partial charge is 0.161 e. The molecular formula is C13H14N2O2S. The molecule has 1 aliphatic heterocycles. The van der Waals surface area contributed by atoms with Gasteiger partial charge < -0.3 is 14.8 Å². The molecule has 0 aliphatic carbocycles. The molecule has 18 heavy (non-hydrogen) atoms. The summed E-state index contributed by atoms with van der Waals surface area (Å²) >= 11 is 1.65. The van der Waals surface area contributed by atoms with Gasteiger partial charge in [-0.05, 0) is 12.1 Å². The summed E-state index contributed by atoms with van der Waals surface area (Å²) in [7, 11) is 0. The fourth-order valence-corrected chi connectivity index (χ4v) is 2.41. The lowest BCUT2D eigenvalue weighted by Crippen LogP contribution is -2.38. The topological polar surface area (TPSA) is 43.4 Å². The lowest BCUT2D eigenvalue weighted by molar-refractivity contribution is 0.0903. The molecule has 1 unspecified atom stereocenters. The SMILES string of the molecule is c1ccc2c(c1)OCC(CNCc1cncs1)O2. The molecule has 0 bridgehead atoms. The van der Waals surface area contributed by atoms with Gasteiger partial charge in [0.05, 0.1) is 5.51 Å². The zero-order valence-electron chi connectivity index (χ0n) is 9.83. The quantitative estimate of drug-likeness (QED) is 0.916. The van der Waals surface area contributed by atoms with Crippen LogP contribution in [-0.4, -0.2) is 24.2 Å². The third-order valence-corrected chi connectivity index (χ3v) is 3.50. The monoisotopic (exact) mass is 262 g/mol. The maximum atomic E-state index is 5.85. The number of nitrogens with one attached hydrogen (secondary N) is 1. The molecule has 1 aromatic carbocycles. The van der Waals surface area contributed by atoms with Crippen LogP contribution in [0.1, 0.15) is 4.88 Å². The summed E-state index contributed by atoms with van der Waals surface area (Å²) in [5.41, 5.74) is 1.84. The molecule has 1 N–H and O–H groups in total. The molecule has 0 saturated heterocycles. The Morgan fingerprint density at radius 3 is 3.06 bits per heavy atom. The van der Waals surface area contributed by atoms with E-state index < -0.39 is 0 Å². The van der Waals surface area contributed by atoms with E-state index in [1.165, 1.54) is 4.88 Å². The zero-order chi connectivity index (χ0) is 12.2. The zero-order valence-corrected chi connectivity index (χ0v) is 10.7. The van der Waals surface area contributed by atoms with Gasteiger partial charge in [0.25, 0.3) is 0 Å². The number of hydrogen-bond acceptors (Lipinski definition) is 5. The molecule has 0 radical (unpaired) electrons. The molecule has 1 aromatic heterocycles. The minimum absolute atomic E-state index is 0.0628. The maximum Gasteiger partial charge on any atom is 0.161 e. The molecule has 0 fully saturated rings. The number of fused-ring (bicyclic) bond motifs is 1. The fraction of sp³-hybridized carbons (Fsp3) is 0.308. The molecule has 0 amide bonds. The van der Waals surface area contributed by atoms with Gasteiger partial charge in [-0.1, -0.05) is 12.1 Å². The highest BCUT2D eigenvalue weighted by Gasteiger charge is 2.19. The number of nitrogens with zero attached hydrogens (tertiary/aromatic N) is 1. The van der Waals surface area contributed by atoms with Crippen LogP contribution in [0.4, 0.5) is 0 Å². The molecular weight excluding hydrogens is 248 g/mol. The number of rotatable bonds is 4. The predicted octanol–water partition coefficient (Wildman–Crippen LogP) is 2.07. The third kappa shape index (κ3) is 2.63. The van der Waals surface area contributed by atoms with Crippen molar-refractivity contribution in [3.05, 3.63) is 40.8 Å². The minimum Gasteiger partial charge on any atom is -0.486 e. The number of aromatic nitrogens is 1. The molecule has 2 aromatic rings. The first-order chi connectivity index (χ1) is 8.92. The van der Waals surface area contributed by atoms with E-state index in [0.29, 0.717) is 6.61 Å². The summed E-state index contributed by atoms with van der Waals surface area (Å²) in [6.45, 7) is 2.19. The summed E-state index contributed by atoms with van der Waals surface area (Å²) in [5.74, 6) is 1.66. The van der Waals surface area contributed by atoms with Crippen molar-refractivity contribution in [1.82, 2.24) is 10.3 Å². The number of ether oxygens (including phenoxy) is 2. The van der Waals surface area contributed by atoms with Gasteiger partial charge in [0.15, 0.2) is 11.5 Å². The van der Waals surface area contributed by atoms with Crippen LogP contribution in [0.15, 0.2) is 36.0 Å². The first-order valence-corrected chi connectivity index (χ1v) is 6.76. The molecule has 94 valence electrons. The van der Waals surface area contributed by atoms with Gasteiger partial charge in [-0.15, -0.1) is 11.3 Å². The molecule has 3 rings (SSSR count). The van der Waals surface area contributed by atoms with E-state index in [1.54, 1.807) is 11.3 Å². The van der Waals surface area contributed by atoms with E-state index in [-0.39, 0.29) is 6.10 Å². The van der Waals surface area contributed by atoms with Crippen LogP contribution in [0.25, 0.3) is 0 Å². The average molecular weight is 262 g/mol. The van der Waals surface area contributed by atoms with E-state index in [9.17, 15) is 0 Å². The van der Waals surface area contributed by atoms with E-state index in [0.717, 1.165) is 24.6 Å². The van der Waals surface area contributed by atoms with Crippen molar-refractivity contribution >= 4 is 11.3 Å². The molecule has 2 heterocycles. The van der Waals surface area contributed by atoms with E-state index in [1.807, 2.05) is 36.0 Å². The van der Waals surface area contributed by atoms with Crippen molar-refractivity contribution in [2.24, 2.45) is 0 Å². The fourth-order valence-electron chi connectivity index (χ4n) is 1.85. The minimum atomic E-state index is 0.0628. The van der Waals surface area contributed by atoms with E-state index >= 15 is 0 Å². The second kappa shape index (κ2) is 5.37. The summed E-state index contributed by atoms with van der Waals surface area (Å²) in [4.78, 5) is 5.27. The molecule has 5 heteroatoms. The third-order valence-electron chi connectivity index (χ3n) is 2.72. The number of benzene rings is 1. The number of para-hydroxylation sites is 2. The van der Waals surface area contributed by atoms with Gasteiger partial charge in [0.2, 0.25) is 0 Å². The van der Waals surface area contributed by atoms with Crippen LogP contribution in [0, 0.1) is 0 Å². The largest absolute Gasteiger partial charge is 0.486 e. The molecule has 0 saturated carbocycles. The first kappa shape index (κ1) is 11.5. The molecule has 1 aliphatic rings. The second-order valence-corrected chi connectivity index (χ2v) is 5.07. The number of hydrogen-bond donors (Lipinski definition) is 1. The highest BCUT2D eigenvalue weighted by Crippen LogP contribution is 2.30. The van der Waals surface area contributed by atoms with Crippen molar-refractivity contribution in [1.29, 1.82) is 0 Å². The predicted molar refractivity (Wildman–Crippen MR) is 70.2 cm³/mol. The average Bonchev–Trinajstić information content (AvgIpc) is 2.92. The van der Waals surface area contributed by atoms with Crippen LogP contribution in [0.3, 0.4) is 0 Å². The van der Waals surface area contributed by atoms with Crippen molar-refractivity contribution in [3.8, 4) is 11.5 Å². The Kier molecular flexibility index (Phi) is 3.43. The van der Waals surface area contributed by atoms with Gasteiger partial charge in [0, 0.05) is 24.2 Å². The van der Waals surface area contributed by atoms with Crippen molar-refractivity contribution in [3.63, 3.8) is 0 Å². The van der Waals surface area contributed by atoms with Crippen LogP contribution in [-0.2, 0) is 6.54 Å². The van der Waals surface area contributed by atoms with Crippen molar-refractivity contribution in [2.45, 2.75) is 12.6 Å². The molecule has 4 nitrogen and oxygen atoms in total. The van der Waals surface area contributed by atoms with Gasteiger partial charge >= 0.3 is 0 Å². The van der Waals surface area contributed by atoms with Crippen LogP contribution in [0.2, 0.25) is 0 Å². The Hall–Kier alpha value is -1.59. The lowest BCUT2D eigenvalue weighted by Gasteiger charge is -2.26. The van der Waals surface area contributed by atoms with Gasteiger partial charge in [0.1, 0.15) is 12.7 Å². The van der Waals surface area contributed by atoms with Crippen LogP contribution >= 0.6 is 11.3 Å². The van der Waals surface area contributed by atoms with E-state index in [4.69, 9.17) is 9.47 Å². The Labute approximate surface area is 110 Å². The van der Waals surface area contributed by atoms with Gasteiger partial charge in [-0.3, -0.25) is 4.98 Å². The summed E-state index contributed by atoms with van der Waals surface area (Å²) in [6, 6.07) is 7.76. The van der Waals surface area contributed by atoms with Gasteiger partial charge in [-0.2, -0.15) is 0 Å². The number of thiazole rings is 1. The standard InChI is InChI=1S/C13H14N2O2S/c1-2-4-13-12(3-1)16-8-10(17-13)5-14-6-11-7-15-9-18-11/h1-4,7,9-10,14H,5-6,8H2. The Morgan fingerprint density at radius 1 is 1.33 bits per heavy atom. The van der Waals surface area contributed by atoms with Crippen molar-refractivity contribution < 1.29 is 9.47 Å². The van der Waals surface area contributed by atoms with Crippen LogP contribution < -0.4 is 14.8 Å². The second-order valence-electron chi connectivity index (χ2n) is 4.10. The molecule has 1 atom stereocenters. The highest BCUT2D eigenvalue weighted by atomic mass is 32.1. The summed E-state index contributed by atoms with van der Waals surface area (Å²) < 4.78 is 11.5. The Balaban J connectivity index is 1.51. The summed E-state index contributed by atoms with van der Waals surface area (Å²) in [5, 5.41) is 3.35. The Bertz CT molecular complexity index is 501. The first-order valence-electron chi connectivity index (χ1n) is 5.88. The molecule has 0 spiro atoms. The van der Waals surface area contributed by atoms with Crippen molar-refractivity contribution in [2.75, 3.05) is 13.2 Å². The van der Waals surface area contributed by atoms with Gasteiger partial charge in [-0.25, -0.2) is 0 Å². The highest BCUT2D eigenvalue weighted by molar-refractivity contribution is 7.09. The summed E-state index contributed by atoms with van der Waals surface area (Å²) in [6.07, 6.45) is 1.94. The lowest BCUT2D eigenvalue weighted by atomic mass is 10.2. The normalized spacial score (nSPS) is 17.7. The Morgan fingerprint density at radius 2 is 2.22 bits per heavy atom. The van der Waals surface area contributed by atoms with E-state index in [2.05, 4.69) is 10.3 Å².